The third kappa shape index (κ3) is 3.62. The quantitative estimate of drug-likeness (QED) is 0.713. The molecule has 0 radical (unpaired) electrons. The van der Waals surface area contributed by atoms with Gasteiger partial charge in [0.25, 0.3) is 0 Å². The summed E-state index contributed by atoms with van der Waals surface area (Å²) in [6.07, 6.45) is 8.12. The summed E-state index contributed by atoms with van der Waals surface area (Å²) in [7, 11) is 0. The molecule has 2 aliphatic heterocycles. The molecular formula is C22H27N5. The molecule has 5 nitrogen and oxygen atoms in total. The molecule has 5 heteroatoms. The predicted molar refractivity (Wildman–Crippen MR) is 107 cm³/mol. The maximum Gasteiger partial charge on any atom is 0.0952 e. The molecule has 1 atom stereocenters. The number of likely N-dealkylation sites (tertiary alicyclic amines) is 1. The molecule has 0 amide bonds. The Bertz CT molecular complexity index is 912. The van der Waals surface area contributed by atoms with Crippen LogP contribution < -0.4 is 0 Å². The Morgan fingerprint density at radius 3 is 2.78 bits per heavy atom. The largest absolute Gasteiger partial charge is 0.328 e. The monoisotopic (exact) mass is 361 g/mol. The lowest BCUT2D eigenvalue weighted by molar-refractivity contribution is 0.127. The van der Waals surface area contributed by atoms with Crippen molar-refractivity contribution in [3.63, 3.8) is 0 Å². The van der Waals surface area contributed by atoms with Crippen molar-refractivity contribution in [3.05, 3.63) is 60.3 Å². The molecule has 5 rings (SSSR count). The Balaban J connectivity index is 1.33. The van der Waals surface area contributed by atoms with E-state index in [1.807, 2.05) is 12.5 Å². The highest BCUT2D eigenvalue weighted by molar-refractivity contribution is 5.78. The number of para-hydroxylation sites is 1. The van der Waals surface area contributed by atoms with E-state index in [1.165, 1.54) is 43.4 Å². The first kappa shape index (κ1) is 16.9. The molecule has 2 aliphatic rings. The first-order valence-corrected chi connectivity index (χ1v) is 10.2. The van der Waals surface area contributed by atoms with E-state index >= 15 is 0 Å². The van der Waals surface area contributed by atoms with E-state index in [2.05, 4.69) is 55.7 Å². The second-order valence-electron chi connectivity index (χ2n) is 7.97. The van der Waals surface area contributed by atoms with E-state index in [0.29, 0.717) is 6.04 Å². The van der Waals surface area contributed by atoms with Gasteiger partial charge in [0.2, 0.25) is 0 Å². The van der Waals surface area contributed by atoms with Crippen LogP contribution in [0.3, 0.4) is 0 Å². The van der Waals surface area contributed by atoms with E-state index in [4.69, 9.17) is 4.98 Å². The first-order valence-electron chi connectivity index (χ1n) is 10.2. The van der Waals surface area contributed by atoms with E-state index in [-0.39, 0.29) is 0 Å². The summed E-state index contributed by atoms with van der Waals surface area (Å²) in [5.74, 6) is 0. The third-order valence-electron chi connectivity index (χ3n) is 5.95. The topological polar surface area (TPSA) is 37.2 Å². The first-order chi connectivity index (χ1) is 13.3. The fourth-order valence-electron chi connectivity index (χ4n) is 4.59. The van der Waals surface area contributed by atoms with Gasteiger partial charge in [0, 0.05) is 37.8 Å². The van der Waals surface area contributed by atoms with Crippen molar-refractivity contribution in [1.82, 2.24) is 24.3 Å². The Hall–Kier alpha value is -2.24. The number of nitrogens with zero attached hydrogens (tertiary/aromatic N) is 5. The Morgan fingerprint density at radius 2 is 1.85 bits per heavy atom. The van der Waals surface area contributed by atoms with E-state index in [9.17, 15) is 0 Å². The van der Waals surface area contributed by atoms with Crippen molar-refractivity contribution in [2.24, 2.45) is 0 Å². The van der Waals surface area contributed by atoms with Crippen molar-refractivity contribution < 1.29 is 0 Å². The summed E-state index contributed by atoms with van der Waals surface area (Å²) < 4.78 is 2.40. The van der Waals surface area contributed by atoms with E-state index < -0.39 is 0 Å². The van der Waals surface area contributed by atoms with Crippen molar-refractivity contribution in [1.29, 1.82) is 0 Å². The molecule has 27 heavy (non-hydrogen) atoms. The Labute approximate surface area is 160 Å². The number of aromatic nitrogens is 3. The minimum Gasteiger partial charge on any atom is -0.328 e. The minimum atomic E-state index is 0.481. The SMILES string of the molecule is c1ccc2nc(CN3Cc4cncn4[C@H](CN4CCCCC4)C3)ccc2c1. The van der Waals surface area contributed by atoms with Gasteiger partial charge in [-0.25, -0.2) is 4.98 Å². The molecular weight excluding hydrogens is 334 g/mol. The average Bonchev–Trinajstić information content (AvgIpc) is 3.18. The molecule has 0 saturated carbocycles. The van der Waals surface area contributed by atoms with Crippen LogP contribution in [0.25, 0.3) is 10.9 Å². The highest BCUT2D eigenvalue weighted by Crippen LogP contribution is 2.24. The lowest BCUT2D eigenvalue weighted by Gasteiger charge is -2.38. The molecule has 0 aliphatic carbocycles. The van der Waals surface area contributed by atoms with Crippen LogP contribution in [-0.2, 0) is 13.1 Å². The number of hydrogen-bond donors (Lipinski definition) is 0. The van der Waals surface area contributed by atoms with E-state index in [1.54, 1.807) is 0 Å². The Kier molecular flexibility index (Phi) is 4.64. The van der Waals surface area contributed by atoms with Gasteiger partial charge >= 0.3 is 0 Å². The second kappa shape index (κ2) is 7.41. The molecule has 2 aromatic heterocycles. The predicted octanol–water partition coefficient (Wildman–Crippen LogP) is 3.47. The highest BCUT2D eigenvalue weighted by atomic mass is 15.3. The molecule has 140 valence electrons. The third-order valence-corrected chi connectivity index (χ3v) is 5.95. The van der Waals surface area contributed by atoms with Crippen molar-refractivity contribution in [3.8, 4) is 0 Å². The lowest BCUT2D eigenvalue weighted by Crippen LogP contribution is -2.43. The summed E-state index contributed by atoms with van der Waals surface area (Å²) in [4.78, 5) is 14.5. The number of piperidine rings is 1. The maximum atomic E-state index is 4.88. The van der Waals surface area contributed by atoms with Gasteiger partial charge in [-0.05, 0) is 38.1 Å². The van der Waals surface area contributed by atoms with Crippen molar-refractivity contribution in [2.45, 2.75) is 38.4 Å². The highest BCUT2D eigenvalue weighted by Gasteiger charge is 2.27. The summed E-state index contributed by atoms with van der Waals surface area (Å²) in [6, 6.07) is 13.2. The van der Waals surface area contributed by atoms with Crippen LogP contribution in [0, 0.1) is 0 Å². The van der Waals surface area contributed by atoms with Crippen LogP contribution >= 0.6 is 0 Å². The zero-order valence-corrected chi connectivity index (χ0v) is 15.8. The zero-order valence-electron chi connectivity index (χ0n) is 15.8. The molecule has 1 aromatic carbocycles. The number of benzene rings is 1. The van der Waals surface area contributed by atoms with Crippen LogP contribution in [0.4, 0.5) is 0 Å². The van der Waals surface area contributed by atoms with Gasteiger partial charge < -0.3 is 9.47 Å². The molecule has 0 N–H and O–H groups in total. The number of hydrogen-bond acceptors (Lipinski definition) is 4. The smallest absolute Gasteiger partial charge is 0.0952 e. The lowest BCUT2D eigenvalue weighted by atomic mass is 10.1. The van der Waals surface area contributed by atoms with E-state index in [0.717, 1.165) is 37.4 Å². The summed E-state index contributed by atoms with van der Waals surface area (Å²) >= 11 is 0. The number of rotatable bonds is 4. The summed E-state index contributed by atoms with van der Waals surface area (Å²) in [6.45, 7) is 6.52. The van der Waals surface area contributed by atoms with Gasteiger partial charge in [0.15, 0.2) is 0 Å². The second-order valence-corrected chi connectivity index (χ2v) is 7.97. The van der Waals surface area contributed by atoms with Crippen molar-refractivity contribution >= 4 is 10.9 Å². The molecule has 0 unspecified atom stereocenters. The van der Waals surface area contributed by atoms with Gasteiger partial charge in [-0.15, -0.1) is 0 Å². The molecule has 0 spiro atoms. The van der Waals surface area contributed by atoms with Gasteiger partial charge in [0.05, 0.1) is 29.3 Å². The number of imidazole rings is 1. The van der Waals surface area contributed by atoms with Crippen LogP contribution in [-0.4, -0.2) is 50.5 Å². The standard InChI is InChI=1S/C22H27N5/c1-4-10-25(11-5-1)15-21-16-26(14-20-12-23-17-27(20)21)13-19-9-8-18-6-2-3-7-22(18)24-19/h2-3,6-9,12,17,21H,1,4-5,10-11,13-16H2/t21-/m1/s1. The van der Waals surface area contributed by atoms with Crippen LogP contribution in [0.15, 0.2) is 48.9 Å². The Morgan fingerprint density at radius 1 is 0.963 bits per heavy atom. The number of fused-ring (bicyclic) bond motifs is 2. The molecule has 4 heterocycles. The van der Waals surface area contributed by atoms with Gasteiger partial charge in [-0.3, -0.25) is 9.88 Å². The minimum absolute atomic E-state index is 0.481. The van der Waals surface area contributed by atoms with Crippen LogP contribution in [0.5, 0.6) is 0 Å². The fraction of sp³-hybridized carbons (Fsp3) is 0.455. The molecule has 1 saturated heterocycles. The zero-order chi connectivity index (χ0) is 18.1. The van der Waals surface area contributed by atoms with Gasteiger partial charge in [-0.2, -0.15) is 0 Å². The fourth-order valence-corrected chi connectivity index (χ4v) is 4.59. The van der Waals surface area contributed by atoms with Crippen LogP contribution in [0.1, 0.15) is 36.7 Å². The maximum absolute atomic E-state index is 4.88. The summed E-state index contributed by atoms with van der Waals surface area (Å²) in [5.41, 5.74) is 3.56. The van der Waals surface area contributed by atoms with Gasteiger partial charge in [-0.1, -0.05) is 30.7 Å². The summed E-state index contributed by atoms with van der Waals surface area (Å²) in [5, 5.41) is 1.21. The normalized spacial score (nSPS) is 21.4. The molecule has 1 fully saturated rings. The van der Waals surface area contributed by atoms with Crippen LogP contribution in [0.2, 0.25) is 0 Å². The molecule has 0 bridgehead atoms. The average molecular weight is 361 g/mol. The molecule has 3 aromatic rings. The van der Waals surface area contributed by atoms with Gasteiger partial charge in [0.1, 0.15) is 0 Å². The number of pyridine rings is 1. The van der Waals surface area contributed by atoms with Crippen molar-refractivity contribution in [2.75, 3.05) is 26.2 Å².